The number of nitrogens with two attached hydrogens (primary N) is 1. The van der Waals surface area contributed by atoms with Crippen LogP contribution in [0.2, 0.25) is 0 Å². The average molecular weight is 268 g/mol. The highest BCUT2D eigenvalue weighted by atomic mass is 32.1. The maximum atomic E-state index is 5.51. The van der Waals surface area contributed by atoms with Crippen molar-refractivity contribution in [1.82, 2.24) is 14.9 Å². The minimum absolute atomic E-state index is 0.668. The molecule has 0 aliphatic carbocycles. The Bertz CT molecular complexity index is 438. The first-order valence-electron chi connectivity index (χ1n) is 5.47. The molecular formula is C11H16N4S2. The normalized spacial score (nSPS) is 11.2. The largest absolute Gasteiger partial charge is 0.330 e. The molecule has 0 atom stereocenters. The third-order valence-electron chi connectivity index (χ3n) is 2.30. The molecule has 2 N–H and O–H groups in total. The van der Waals surface area contributed by atoms with E-state index in [0.29, 0.717) is 6.54 Å². The van der Waals surface area contributed by atoms with Crippen LogP contribution in [0.5, 0.6) is 0 Å². The first-order valence-corrected chi connectivity index (χ1v) is 7.29. The van der Waals surface area contributed by atoms with Crippen molar-refractivity contribution >= 4 is 22.7 Å². The molecule has 17 heavy (non-hydrogen) atoms. The van der Waals surface area contributed by atoms with Crippen LogP contribution in [0.15, 0.2) is 16.3 Å². The molecule has 92 valence electrons. The van der Waals surface area contributed by atoms with Gasteiger partial charge in [-0.25, -0.2) is 9.97 Å². The van der Waals surface area contributed by atoms with Gasteiger partial charge in [0.1, 0.15) is 0 Å². The molecule has 0 amide bonds. The second kappa shape index (κ2) is 6.20. The van der Waals surface area contributed by atoms with E-state index in [1.54, 1.807) is 22.7 Å². The van der Waals surface area contributed by atoms with Crippen molar-refractivity contribution < 1.29 is 0 Å². The van der Waals surface area contributed by atoms with Crippen LogP contribution in [0.3, 0.4) is 0 Å². The molecule has 2 rings (SSSR count). The maximum absolute atomic E-state index is 5.51. The third-order valence-corrected chi connectivity index (χ3v) is 3.90. The van der Waals surface area contributed by atoms with E-state index in [0.717, 1.165) is 35.9 Å². The van der Waals surface area contributed by atoms with E-state index in [4.69, 9.17) is 5.73 Å². The van der Waals surface area contributed by atoms with Gasteiger partial charge in [-0.05, 0) is 13.6 Å². The van der Waals surface area contributed by atoms with Gasteiger partial charge in [-0.15, -0.1) is 22.7 Å². The molecule has 0 unspecified atom stereocenters. The molecule has 2 aromatic rings. The summed E-state index contributed by atoms with van der Waals surface area (Å²) in [5.41, 5.74) is 9.62. The van der Waals surface area contributed by atoms with E-state index in [1.165, 1.54) is 0 Å². The van der Waals surface area contributed by atoms with Crippen molar-refractivity contribution in [1.29, 1.82) is 0 Å². The number of hydrogen-bond acceptors (Lipinski definition) is 6. The highest BCUT2D eigenvalue weighted by Crippen LogP contribution is 2.13. The summed E-state index contributed by atoms with van der Waals surface area (Å²) >= 11 is 3.33. The molecule has 0 fully saturated rings. The van der Waals surface area contributed by atoms with Crippen LogP contribution >= 0.6 is 22.7 Å². The molecule has 0 aliphatic heterocycles. The summed E-state index contributed by atoms with van der Waals surface area (Å²) in [5.74, 6) is 0. The van der Waals surface area contributed by atoms with Crippen LogP contribution in [0.25, 0.3) is 0 Å². The molecule has 0 bridgehead atoms. The number of thiazole rings is 2. The summed E-state index contributed by atoms with van der Waals surface area (Å²) in [6.07, 6.45) is 0.875. The lowest BCUT2D eigenvalue weighted by atomic mass is 10.4. The van der Waals surface area contributed by atoms with Crippen LogP contribution < -0.4 is 5.73 Å². The molecule has 0 aromatic carbocycles. The number of rotatable bonds is 6. The smallest absolute Gasteiger partial charge is 0.0941 e. The van der Waals surface area contributed by atoms with E-state index in [1.807, 2.05) is 5.51 Å². The minimum atomic E-state index is 0.668. The fraction of sp³-hybridized carbons (Fsp3) is 0.455. The Morgan fingerprint density at radius 1 is 1.29 bits per heavy atom. The van der Waals surface area contributed by atoms with Gasteiger partial charge in [0, 0.05) is 30.3 Å². The first-order chi connectivity index (χ1) is 8.28. The number of nitrogens with zero attached hydrogens (tertiary/aromatic N) is 3. The average Bonchev–Trinajstić information content (AvgIpc) is 2.91. The monoisotopic (exact) mass is 268 g/mol. The molecule has 0 saturated carbocycles. The van der Waals surface area contributed by atoms with Gasteiger partial charge in [0.05, 0.1) is 21.9 Å². The van der Waals surface area contributed by atoms with Crippen LogP contribution in [0.1, 0.15) is 16.4 Å². The zero-order valence-electron chi connectivity index (χ0n) is 9.80. The van der Waals surface area contributed by atoms with Gasteiger partial charge in [-0.3, -0.25) is 4.90 Å². The summed E-state index contributed by atoms with van der Waals surface area (Å²) in [5, 5.41) is 5.32. The second-order valence-electron chi connectivity index (χ2n) is 3.92. The van der Waals surface area contributed by atoms with E-state index in [-0.39, 0.29) is 0 Å². The molecule has 0 spiro atoms. The van der Waals surface area contributed by atoms with Gasteiger partial charge in [0.2, 0.25) is 0 Å². The second-order valence-corrected chi connectivity index (χ2v) is 5.58. The quantitative estimate of drug-likeness (QED) is 0.867. The molecule has 2 aromatic heterocycles. The SMILES string of the molecule is CN(Cc1cscn1)Cc1csc(CCN)n1. The van der Waals surface area contributed by atoms with Gasteiger partial charge >= 0.3 is 0 Å². The Morgan fingerprint density at radius 3 is 2.82 bits per heavy atom. The molecular weight excluding hydrogens is 252 g/mol. The Morgan fingerprint density at radius 2 is 2.12 bits per heavy atom. The highest BCUT2D eigenvalue weighted by molar-refractivity contribution is 7.09. The molecule has 4 nitrogen and oxygen atoms in total. The van der Waals surface area contributed by atoms with Gasteiger partial charge in [0.15, 0.2) is 0 Å². The molecule has 0 aliphatic rings. The van der Waals surface area contributed by atoms with Crippen molar-refractivity contribution in [3.05, 3.63) is 32.7 Å². The zero-order chi connectivity index (χ0) is 12.1. The van der Waals surface area contributed by atoms with Gasteiger partial charge < -0.3 is 5.73 Å². The molecule has 2 heterocycles. The minimum Gasteiger partial charge on any atom is -0.330 e. The van der Waals surface area contributed by atoms with Crippen LogP contribution in [-0.2, 0) is 19.5 Å². The fourth-order valence-electron chi connectivity index (χ4n) is 1.58. The molecule has 6 heteroatoms. The van der Waals surface area contributed by atoms with E-state index >= 15 is 0 Å². The third kappa shape index (κ3) is 3.85. The van der Waals surface area contributed by atoms with E-state index in [2.05, 4.69) is 32.7 Å². The van der Waals surface area contributed by atoms with Gasteiger partial charge in [-0.1, -0.05) is 0 Å². The lowest BCUT2D eigenvalue weighted by Crippen LogP contribution is -2.17. The Labute approximate surface area is 109 Å². The fourth-order valence-corrected chi connectivity index (χ4v) is 2.94. The molecule has 0 radical (unpaired) electrons. The van der Waals surface area contributed by atoms with Crippen molar-refractivity contribution in [2.45, 2.75) is 19.5 Å². The van der Waals surface area contributed by atoms with Crippen LogP contribution in [0, 0.1) is 0 Å². The first kappa shape index (κ1) is 12.6. The van der Waals surface area contributed by atoms with Crippen LogP contribution in [0.4, 0.5) is 0 Å². The lowest BCUT2D eigenvalue weighted by Gasteiger charge is -2.13. The van der Waals surface area contributed by atoms with Crippen molar-refractivity contribution in [2.24, 2.45) is 5.73 Å². The number of aromatic nitrogens is 2. The standard InChI is InChI=1S/C11H16N4S2/c1-15(4-9-6-16-8-13-9)5-10-7-17-11(14-10)2-3-12/h6-8H,2-5,12H2,1H3. The van der Waals surface area contributed by atoms with Crippen LogP contribution in [-0.4, -0.2) is 28.5 Å². The van der Waals surface area contributed by atoms with Gasteiger partial charge in [-0.2, -0.15) is 0 Å². The van der Waals surface area contributed by atoms with Crippen molar-refractivity contribution in [3.63, 3.8) is 0 Å². The zero-order valence-corrected chi connectivity index (χ0v) is 11.4. The summed E-state index contributed by atoms with van der Waals surface area (Å²) < 4.78 is 0. The predicted octanol–water partition coefficient (Wildman–Crippen LogP) is 1.73. The number of hydrogen-bond donors (Lipinski definition) is 1. The summed E-state index contributed by atoms with van der Waals surface area (Å²) in [6, 6.07) is 0. The molecule has 0 saturated heterocycles. The van der Waals surface area contributed by atoms with Gasteiger partial charge in [0.25, 0.3) is 0 Å². The van der Waals surface area contributed by atoms with E-state index in [9.17, 15) is 0 Å². The highest BCUT2D eigenvalue weighted by Gasteiger charge is 2.06. The topological polar surface area (TPSA) is 55.0 Å². The Balaban J connectivity index is 1.86. The summed E-state index contributed by atoms with van der Waals surface area (Å²) in [7, 11) is 2.08. The predicted molar refractivity (Wildman–Crippen MR) is 72.2 cm³/mol. The lowest BCUT2D eigenvalue weighted by molar-refractivity contribution is 0.312. The summed E-state index contributed by atoms with van der Waals surface area (Å²) in [4.78, 5) is 11.0. The summed E-state index contributed by atoms with van der Waals surface area (Å²) in [6.45, 7) is 2.40. The maximum Gasteiger partial charge on any atom is 0.0941 e. The van der Waals surface area contributed by atoms with Crippen molar-refractivity contribution in [3.8, 4) is 0 Å². The Hall–Kier alpha value is -0.820. The Kier molecular flexibility index (Phi) is 4.61. The van der Waals surface area contributed by atoms with E-state index < -0.39 is 0 Å². The van der Waals surface area contributed by atoms with Crippen molar-refractivity contribution in [2.75, 3.05) is 13.6 Å².